The highest BCUT2D eigenvalue weighted by molar-refractivity contribution is 5.77. The number of rotatable bonds is 4. The van der Waals surface area contributed by atoms with Crippen molar-refractivity contribution in [2.24, 2.45) is 0 Å². The van der Waals surface area contributed by atoms with Crippen LogP contribution in [0.25, 0.3) is 0 Å². The van der Waals surface area contributed by atoms with Gasteiger partial charge in [-0.25, -0.2) is 4.79 Å². The van der Waals surface area contributed by atoms with Gasteiger partial charge in [0.1, 0.15) is 11.4 Å². The van der Waals surface area contributed by atoms with Crippen molar-refractivity contribution in [2.75, 3.05) is 19.7 Å². The summed E-state index contributed by atoms with van der Waals surface area (Å²) in [6, 6.07) is 6.05. The number of fused-ring (bicyclic) bond motifs is 1. The zero-order chi connectivity index (χ0) is 20.1. The summed E-state index contributed by atoms with van der Waals surface area (Å²) in [6.07, 6.45) is 5.52. The predicted molar refractivity (Wildman–Crippen MR) is 108 cm³/mol. The quantitative estimate of drug-likeness (QED) is 0.858. The molecule has 2 amide bonds. The molecular weight excluding hydrogens is 356 g/mol. The summed E-state index contributed by atoms with van der Waals surface area (Å²) in [4.78, 5) is 26.2. The highest BCUT2D eigenvalue weighted by Crippen LogP contribution is 2.26. The zero-order valence-electron chi connectivity index (χ0n) is 17.3. The molecule has 1 aliphatic heterocycles. The first-order valence-electron chi connectivity index (χ1n) is 10.3. The van der Waals surface area contributed by atoms with Gasteiger partial charge < -0.3 is 19.7 Å². The molecule has 6 nitrogen and oxygen atoms in total. The van der Waals surface area contributed by atoms with Crippen LogP contribution in [0.2, 0.25) is 0 Å². The molecule has 154 valence electrons. The van der Waals surface area contributed by atoms with E-state index in [4.69, 9.17) is 9.47 Å². The fourth-order valence-corrected chi connectivity index (χ4v) is 3.80. The number of nitrogens with zero attached hydrogens (tertiary/aromatic N) is 1. The maximum Gasteiger partial charge on any atom is 0.407 e. The minimum Gasteiger partial charge on any atom is -0.484 e. The fraction of sp³-hybridized carbons (Fsp3) is 0.636. The number of ether oxygens (including phenoxy) is 2. The number of nitrogens with one attached hydrogen (secondary N) is 1. The van der Waals surface area contributed by atoms with Crippen LogP contribution in [-0.4, -0.2) is 48.2 Å². The summed E-state index contributed by atoms with van der Waals surface area (Å²) in [5, 5.41) is 2.97. The predicted octanol–water partition coefficient (Wildman–Crippen LogP) is 3.46. The topological polar surface area (TPSA) is 67.9 Å². The SMILES string of the molecule is CC(C)(C)OC(=O)N[C@H]1CCc2ccc(OCC(=O)N3CCCCC3)cc2C1. The number of piperidine rings is 1. The van der Waals surface area contributed by atoms with Crippen LogP contribution >= 0.6 is 0 Å². The lowest BCUT2D eigenvalue weighted by Gasteiger charge is -2.28. The molecule has 1 N–H and O–H groups in total. The van der Waals surface area contributed by atoms with E-state index in [-0.39, 0.29) is 24.6 Å². The van der Waals surface area contributed by atoms with Crippen molar-refractivity contribution in [1.29, 1.82) is 0 Å². The van der Waals surface area contributed by atoms with Crippen LogP contribution in [0.1, 0.15) is 57.6 Å². The Morgan fingerprint density at radius 2 is 1.89 bits per heavy atom. The van der Waals surface area contributed by atoms with Gasteiger partial charge in [0.15, 0.2) is 6.61 Å². The number of aryl methyl sites for hydroxylation is 1. The molecule has 1 heterocycles. The van der Waals surface area contributed by atoms with Gasteiger partial charge in [0.25, 0.3) is 5.91 Å². The lowest BCUT2D eigenvalue weighted by molar-refractivity contribution is -0.134. The molecule has 0 radical (unpaired) electrons. The van der Waals surface area contributed by atoms with Crippen molar-refractivity contribution in [3.8, 4) is 5.75 Å². The first-order chi connectivity index (χ1) is 13.3. The molecule has 0 unspecified atom stereocenters. The van der Waals surface area contributed by atoms with Gasteiger partial charge in [-0.05, 0) is 82.6 Å². The monoisotopic (exact) mass is 388 g/mol. The standard InChI is InChI=1S/C22H32N2O4/c1-22(2,3)28-21(26)23-18-9-7-16-8-10-19(14-17(16)13-18)27-15-20(25)24-11-5-4-6-12-24/h8,10,14,18H,4-7,9,11-13,15H2,1-3H3,(H,23,26)/t18-/m0/s1. The number of amides is 2. The molecule has 0 spiro atoms. The Balaban J connectivity index is 1.54. The van der Waals surface area contributed by atoms with Crippen molar-refractivity contribution in [1.82, 2.24) is 10.2 Å². The number of benzene rings is 1. The Hall–Kier alpha value is -2.24. The number of carbonyl (C=O) groups is 2. The third-order valence-corrected chi connectivity index (χ3v) is 5.20. The average molecular weight is 389 g/mol. The molecule has 6 heteroatoms. The Morgan fingerprint density at radius 1 is 1.14 bits per heavy atom. The average Bonchev–Trinajstić information content (AvgIpc) is 2.65. The zero-order valence-corrected chi connectivity index (χ0v) is 17.3. The summed E-state index contributed by atoms with van der Waals surface area (Å²) < 4.78 is 11.1. The summed E-state index contributed by atoms with van der Waals surface area (Å²) in [6.45, 7) is 7.33. The number of alkyl carbamates (subject to hydrolysis) is 1. The van der Waals surface area contributed by atoms with Crippen molar-refractivity contribution in [2.45, 2.75) is 70.9 Å². The van der Waals surface area contributed by atoms with Gasteiger partial charge in [-0.15, -0.1) is 0 Å². The maximum atomic E-state index is 12.3. The number of likely N-dealkylation sites (tertiary alicyclic amines) is 1. The summed E-state index contributed by atoms with van der Waals surface area (Å²) >= 11 is 0. The smallest absolute Gasteiger partial charge is 0.407 e. The minimum atomic E-state index is -0.501. The van der Waals surface area contributed by atoms with Crippen LogP contribution in [0.15, 0.2) is 18.2 Å². The van der Waals surface area contributed by atoms with Crippen LogP contribution in [0, 0.1) is 0 Å². The second-order valence-corrected chi connectivity index (χ2v) is 8.75. The fourth-order valence-electron chi connectivity index (χ4n) is 3.80. The highest BCUT2D eigenvalue weighted by Gasteiger charge is 2.24. The minimum absolute atomic E-state index is 0.0487. The molecule has 1 aliphatic carbocycles. The summed E-state index contributed by atoms with van der Waals surface area (Å²) in [7, 11) is 0. The largest absolute Gasteiger partial charge is 0.484 e. The van der Waals surface area contributed by atoms with E-state index in [0.29, 0.717) is 5.75 Å². The molecule has 1 aromatic rings. The van der Waals surface area contributed by atoms with Gasteiger partial charge in [0.05, 0.1) is 0 Å². The number of hydrogen-bond acceptors (Lipinski definition) is 4. The molecular formula is C22H32N2O4. The summed E-state index contributed by atoms with van der Waals surface area (Å²) in [5.41, 5.74) is 1.94. The van der Waals surface area contributed by atoms with E-state index in [1.165, 1.54) is 12.0 Å². The molecule has 1 atom stereocenters. The molecule has 1 saturated heterocycles. The van der Waals surface area contributed by atoms with Gasteiger partial charge in [-0.2, -0.15) is 0 Å². The first-order valence-corrected chi connectivity index (χ1v) is 10.3. The van der Waals surface area contributed by atoms with Crippen molar-refractivity contribution in [3.63, 3.8) is 0 Å². The molecule has 1 aromatic carbocycles. The van der Waals surface area contributed by atoms with Crippen LogP contribution in [0.3, 0.4) is 0 Å². The van der Waals surface area contributed by atoms with Crippen molar-refractivity contribution in [3.05, 3.63) is 29.3 Å². The Bertz CT molecular complexity index is 705. The molecule has 2 aliphatic rings. The van der Waals surface area contributed by atoms with E-state index >= 15 is 0 Å². The third kappa shape index (κ3) is 5.88. The van der Waals surface area contributed by atoms with Crippen LogP contribution in [0.4, 0.5) is 4.79 Å². The Morgan fingerprint density at radius 3 is 2.61 bits per heavy atom. The van der Waals surface area contributed by atoms with Gasteiger partial charge in [-0.3, -0.25) is 4.79 Å². The molecule has 3 rings (SSSR count). The van der Waals surface area contributed by atoms with Gasteiger partial charge >= 0.3 is 6.09 Å². The van der Waals surface area contributed by atoms with Crippen molar-refractivity contribution >= 4 is 12.0 Å². The molecule has 1 fully saturated rings. The van der Waals surface area contributed by atoms with E-state index in [1.54, 1.807) is 0 Å². The molecule has 0 saturated carbocycles. The number of hydrogen-bond donors (Lipinski definition) is 1. The van der Waals surface area contributed by atoms with Crippen LogP contribution < -0.4 is 10.1 Å². The van der Waals surface area contributed by atoms with Crippen LogP contribution in [-0.2, 0) is 22.4 Å². The summed E-state index contributed by atoms with van der Waals surface area (Å²) in [5.74, 6) is 0.768. The Kier molecular flexibility index (Phi) is 6.47. The maximum absolute atomic E-state index is 12.3. The third-order valence-electron chi connectivity index (χ3n) is 5.20. The van der Waals surface area contributed by atoms with Gasteiger partial charge in [-0.1, -0.05) is 6.07 Å². The lowest BCUT2D eigenvalue weighted by atomic mass is 9.88. The lowest BCUT2D eigenvalue weighted by Crippen LogP contribution is -2.41. The Labute approximate surface area is 167 Å². The van der Waals surface area contributed by atoms with Gasteiger partial charge in [0, 0.05) is 19.1 Å². The molecule has 0 bridgehead atoms. The van der Waals surface area contributed by atoms with Crippen molar-refractivity contribution < 1.29 is 19.1 Å². The van der Waals surface area contributed by atoms with Gasteiger partial charge in [0.2, 0.25) is 0 Å². The second kappa shape index (κ2) is 8.84. The van der Waals surface area contributed by atoms with Crippen LogP contribution in [0.5, 0.6) is 5.75 Å². The van der Waals surface area contributed by atoms with E-state index in [2.05, 4.69) is 11.4 Å². The van der Waals surface area contributed by atoms with E-state index in [1.807, 2.05) is 37.8 Å². The molecule has 0 aromatic heterocycles. The number of carbonyl (C=O) groups excluding carboxylic acids is 2. The normalized spacial score (nSPS) is 19.5. The highest BCUT2D eigenvalue weighted by atomic mass is 16.6. The van der Waals surface area contributed by atoms with E-state index in [0.717, 1.165) is 50.8 Å². The second-order valence-electron chi connectivity index (χ2n) is 8.75. The van der Waals surface area contributed by atoms with E-state index < -0.39 is 5.60 Å². The van der Waals surface area contributed by atoms with E-state index in [9.17, 15) is 9.59 Å². The first kappa shape index (κ1) is 20.5. The molecule has 28 heavy (non-hydrogen) atoms.